The van der Waals surface area contributed by atoms with Crippen molar-refractivity contribution in [3.8, 4) is 0 Å². The van der Waals surface area contributed by atoms with Crippen LogP contribution in [-0.2, 0) is 5.41 Å². The summed E-state index contributed by atoms with van der Waals surface area (Å²) >= 11 is 0. The number of imidazole rings is 1. The van der Waals surface area contributed by atoms with E-state index in [-0.39, 0.29) is 5.41 Å². The molecule has 0 radical (unpaired) electrons. The SMILES string of the molecule is CC(C)(C)c1ccc2ncn(C3CC3)c2c1. The van der Waals surface area contributed by atoms with Gasteiger partial charge in [-0.15, -0.1) is 0 Å². The molecule has 0 spiro atoms. The van der Waals surface area contributed by atoms with Gasteiger partial charge in [0.15, 0.2) is 0 Å². The van der Waals surface area contributed by atoms with Gasteiger partial charge in [-0.2, -0.15) is 0 Å². The Morgan fingerprint density at radius 3 is 2.62 bits per heavy atom. The molecule has 0 aliphatic heterocycles. The summed E-state index contributed by atoms with van der Waals surface area (Å²) in [6.45, 7) is 6.77. The second-order valence-electron chi connectivity index (χ2n) is 5.84. The molecule has 1 aromatic carbocycles. The maximum Gasteiger partial charge on any atom is 0.0960 e. The van der Waals surface area contributed by atoms with Crippen molar-refractivity contribution in [2.24, 2.45) is 0 Å². The van der Waals surface area contributed by atoms with E-state index in [0.29, 0.717) is 6.04 Å². The average molecular weight is 214 g/mol. The summed E-state index contributed by atoms with van der Waals surface area (Å²) in [6.07, 6.45) is 4.62. The number of nitrogens with zero attached hydrogens (tertiary/aromatic N) is 2. The molecule has 1 heterocycles. The first-order valence-electron chi connectivity index (χ1n) is 6.03. The van der Waals surface area contributed by atoms with Crippen LogP contribution in [0.5, 0.6) is 0 Å². The van der Waals surface area contributed by atoms with Crippen molar-refractivity contribution in [1.82, 2.24) is 9.55 Å². The molecule has 2 nitrogen and oxygen atoms in total. The molecule has 1 aliphatic rings. The van der Waals surface area contributed by atoms with E-state index in [0.717, 1.165) is 5.52 Å². The van der Waals surface area contributed by atoms with E-state index in [1.54, 1.807) is 0 Å². The molecule has 0 amide bonds. The lowest BCUT2D eigenvalue weighted by Crippen LogP contribution is -2.10. The predicted molar refractivity (Wildman–Crippen MR) is 66.7 cm³/mol. The lowest BCUT2D eigenvalue weighted by Gasteiger charge is -2.19. The van der Waals surface area contributed by atoms with Gasteiger partial charge < -0.3 is 4.57 Å². The van der Waals surface area contributed by atoms with Gasteiger partial charge in [-0.05, 0) is 36.0 Å². The summed E-state index contributed by atoms with van der Waals surface area (Å²) < 4.78 is 2.34. The van der Waals surface area contributed by atoms with Crippen LogP contribution < -0.4 is 0 Å². The van der Waals surface area contributed by atoms with Gasteiger partial charge in [0.25, 0.3) is 0 Å². The number of fused-ring (bicyclic) bond motifs is 1. The highest BCUT2D eigenvalue weighted by Crippen LogP contribution is 2.37. The zero-order valence-electron chi connectivity index (χ0n) is 10.2. The zero-order valence-corrected chi connectivity index (χ0v) is 10.2. The standard InChI is InChI=1S/C14H18N2/c1-14(2,3)10-4-7-12-13(8-10)16(9-15-12)11-5-6-11/h4,7-9,11H,5-6H2,1-3H3. The third-order valence-corrected chi connectivity index (χ3v) is 3.38. The van der Waals surface area contributed by atoms with E-state index in [4.69, 9.17) is 0 Å². The summed E-state index contributed by atoms with van der Waals surface area (Å²) in [7, 11) is 0. The van der Waals surface area contributed by atoms with E-state index >= 15 is 0 Å². The van der Waals surface area contributed by atoms with Crippen LogP contribution in [0.2, 0.25) is 0 Å². The van der Waals surface area contributed by atoms with Crippen molar-refractivity contribution < 1.29 is 0 Å². The normalized spacial score (nSPS) is 16.9. The number of aromatic nitrogens is 2. The molecule has 0 atom stereocenters. The first kappa shape index (κ1) is 9.88. The lowest BCUT2D eigenvalue weighted by molar-refractivity contribution is 0.590. The van der Waals surface area contributed by atoms with Gasteiger partial charge in [-0.1, -0.05) is 26.8 Å². The topological polar surface area (TPSA) is 17.8 Å². The van der Waals surface area contributed by atoms with Crippen LogP contribution in [0.3, 0.4) is 0 Å². The highest BCUT2D eigenvalue weighted by molar-refractivity contribution is 5.76. The average Bonchev–Trinajstić information content (AvgIpc) is 2.96. The summed E-state index contributed by atoms with van der Waals surface area (Å²) in [5.74, 6) is 0. The summed E-state index contributed by atoms with van der Waals surface area (Å²) in [4.78, 5) is 4.47. The molecular weight excluding hydrogens is 196 g/mol. The highest BCUT2D eigenvalue weighted by Gasteiger charge is 2.25. The predicted octanol–water partition coefficient (Wildman–Crippen LogP) is 3.67. The van der Waals surface area contributed by atoms with Gasteiger partial charge in [0.2, 0.25) is 0 Å². The van der Waals surface area contributed by atoms with E-state index in [9.17, 15) is 0 Å². The van der Waals surface area contributed by atoms with Crippen molar-refractivity contribution in [1.29, 1.82) is 0 Å². The van der Waals surface area contributed by atoms with Crippen molar-refractivity contribution in [3.63, 3.8) is 0 Å². The smallest absolute Gasteiger partial charge is 0.0960 e. The molecular formula is C14H18N2. The fourth-order valence-electron chi connectivity index (χ4n) is 2.14. The molecule has 0 unspecified atom stereocenters. The Bertz CT molecular complexity index is 527. The second-order valence-corrected chi connectivity index (χ2v) is 5.84. The molecule has 1 fully saturated rings. The van der Waals surface area contributed by atoms with Crippen molar-refractivity contribution in [3.05, 3.63) is 30.1 Å². The van der Waals surface area contributed by atoms with Gasteiger partial charge in [-0.3, -0.25) is 0 Å². The Hall–Kier alpha value is -1.31. The maximum absolute atomic E-state index is 4.47. The third-order valence-electron chi connectivity index (χ3n) is 3.38. The summed E-state index contributed by atoms with van der Waals surface area (Å²) in [5, 5.41) is 0. The largest absolute Gasteiger partial charge is 0.327 e. The molecule has 1 aliphatic carbocycles. The second kappa shape index (κ2) is 3.09. The van der Waals surface area contributed by atoms with Gasteiger partial charge >= 0.3 is 0 Å². The fourth-order valence-corrected chi connectivity index (χ4v) is 2.14. The minimum Gasteiger partial charge on any atom is -0.327 e. The maximum atomic E-state index is 4.47. The molecule has 2 aromatic rings. The van der Waals surface area contributed by atoms with Crippen molar-refractivity contribution >= 4 is 11.0 Å². The Morgan fingerprint density at radius 2 is 2.00 bits per heavy atom. The molecule has 1 aromatic heterocycles. The van der Waals surface area contributed by atoms with Crippen molar-refractivity contribution in [2.75, 3.05) is 0 Å². The number of rotatable bonds is 1. The van der Waals surface area contributed by atoms with Gasteiger partial charge in [0.05, 0.1) is 17.4 Å². The number of hydrogen-bond acceptors (Lipinski definition) is 1. The van der Waals surface area contributed by atoms with Crippen molar-refractivity contribution in [2.45, 2.75) is 45.1 Å². The molecule has 0 bridgehead atoms. The van der Waals surface area contributed by atoms with Crippen LogP contribution in [-0.4, -0.2) is 9.55 Å². The fraction of sp³-hybridized carbons (Fsp3) is 0.500. The summed E-state index contributed by atoms with van der Waals surface area (Å²) in [5.41, 5.74) is 4.03. The van der Waals surface area contributed by atoms with E-state index in [1.165, 1.54) is 23.9 Å². The van der Waals surface area contributed by atoms with Crippen LogP contribution >= 0.6 is 0 Å². The van der Waals surface area contributed by atoms with Crippen LogP contribution in [0.25, 0.3) is 11.0 Å². The Labute approximate surface area is 96.3 Å². The van der Waals surface area contributed by atoms with E-state index in [2.05, 4.69) is 48.5 Å². The lowest BCUT2D eigenvalue weighted by atomic mass is 9.87. The van der Waals surface area contributed by atoms with Gasteiger partial charge in [0, 0.05) is 6.04 Å². The minimum atomic E-state index is 0.215. The Balaban J connectivity index is 2.17. The molecule has 16 heavy (non-hydrogen) atoms. The molecule has 84 valence electrons. The van der Waals surface area contributed by atoms with Crippen LogP contribution in [0.4, 0.5) is 0 Å². The number of hydrogen-bond donors (Lipinski definition) is 0. The monoisotopic (exact) mass is 214 g/mol. The highest BCUT2D eigenvalue weighted by atomic mass is 15.1. The van der Waals surface area contributed by atoms with Crippen LogP contribution in [0, 0.1) is 0 Å². The molecule has 2 heteroatoms. The minimum absolute atomic E-state index is 0.215. The molecule has 3 rings (SSSR count). The zero-order chi connectivity index (χ0) is 11.3. The quantitative estimate of drug-likeness (QED) is 0.708. The van der Waals surface area contributed by atoms with Gasteiger partial charge in [0.1, 0.15) is 0 Å². The molecule has 0 saturated heterocycles. The third kappa shape index (κ3) is 1.53. The van der Waals surface area contributed by atoms with E-state index < -0.39 is 0 Å². The van der Waals surface area contributed by atoms with Gasteiger partial charge in [-0.25, -0.2) is 4.98 Å². The van der Waals surface area contributed by atoms with Crippen LogP contribution in [0.15, 0.2) is 24.5 Å². The first-order valence-corrected chi connectivity index (χ1v) is 6.03. The number of benzene rings is 1. The Kier molecular flexibility index (Phi) is 1.91. The van der Waals surface area contributed by atoms with Crippen LogP contribution in [0.1, 0.15) is 45.2 Å². The molecule has 0 N–H and O–H groups in total. The van der Waals surface area contributed by atoms with E-state index in [1.807, 2.05) is 6.33 Å². The summed E-state index contributed by atoms with van der Waals surface area (Å²) in [6, 6.07) is 7.36. The Morgan fingerprint density at radius 1 is 1.25 bits per heavy atom. The first-order chi connectivity index (χ1) is 7.55. The molecule has 1 saturated carbocycles.